The maximum Gasteiger partial charge on any atom is 0.306 e. The number of benzene rings is 4. The van der Waals surface area contributed by atoms with Gasteiger partial charge in [-0.3, -0.25) is 9.59 Å². The molecule has 2 unspecified atom stereocenters. The first-order valence-electron chi connectivity index (χ1n) is 14.3. The maximum atomic E-state index is 12.8. The number of halogens is 2. The minimum Gasteiger partial charge on any atom is -0.489 e. The number of aliphatic carboxylic acids is 1. The summed E-state index contributed by atoms with van der Waals surface area (Å²) in [4.78, 5) is 26.9. The van der Waals surface area contributed by atoms with Gasteiger partial charge in [-0.05, 0) is 123 Å². The van der Waals surface area contributed by atoms with Crippen LogP contribution in [0.3, 0.4) is 0 Å². The Balaban J connectivity index is 1.30. The van der Waals surface area contributed by atoms with Crippen molar-refractivity contribution in [3.63, 3.8) is 0 Å². The van der Waals surface area contributed by atoms with Crippen LogP contribution in [0.2, 0.25) is 0 Å². The molecule has 0 saturated heterocycles. The van der Waals surface area contributed by atoms with Crippen LogP contribution in [-0.2, 0) is 27.5 Å². The van der Waals surface area contributed by atoms with Crippen LogP contribution in [0.15, 0.2) is 96.1 Å². The van der Waals surface area contributed by atoms with Crippen LogP contribution in [0.1, 0.15) is 60.1 Å². The number of carboxylic acid groups (broad SMARTS) is 1. The summed E-state index contributed by atoms with van der Waals surface area (Å²) in [7, 11) is 0. The number of nitrogens with zero attached hydrogens (tertiary/aromatic N) is 3. The van der Waals surface area contributed by atoms with E-state index < -0.39 is 24.1 Å². The van der Waals surface area contributed by atoms with Gasteiger partial charge < -0.3 is 24.4 Å². The van der Waals surface area contributed by atoms with Crippen molar-refractivity contribution in [2.75, 3.05) is 0 Å². The molecule has 2 atom stereocenters. The Hall–Kier alpha value is -3.85. The molecule has 0 bridgehead atoms. The first-order chi connectivity index (χ1) is 22.2. The van der Waals surface area contributed by atoms with E-state index in [0.717, 1.165) is 18.3 Å². The Labute approximate surface area is 293 Å². The maximum absolute atomic E-state index is 12.8. The lowest BCUT2D eigenvalue weighted by molar-refractivity contribution is -0.152. The van der Waals surface area contributed by atoms with Crippen molar-refractivity contribution >= 4 is 62.8 Å². The fourth-order valence-corrected chi connectivity index (χ4v) is 5.60. The molecular formula is C34H31I2N3O7. The van der Waals surface area contributed by atoms with Crippen LogP contribution in [-0.4, -0.2) is 22.2 Å². The second-order valence-electron chi connectivity index (χ2n) is 10.2. The second kappa shape index (κ2) is 17.7. The zero-order valence-electron chi connectivity index (χ0n) is 24.6. The first kappa shape index (κ1) is 35.0. The highest BCUT2D eigenvalue weighted by Gasteiger charge is 2.20. The molecular weight excluding hydrogens is 816 g/mol. The van der Waals surface area contributed by atoms with Gasteiger partial charge >= 0.3 is 11.9 Å². The molecule has 0 saturated carbocycles. The van der Waals surface area contributed by atoms with E-state index in [4.69, 9.17) is 19.7 Å². The van der Waals surface area contributed by atoms with Gasteiger partial charge in [-0.2, -0.15) is 0 Å². The molecule has 0 aliphatic carbocycles. The van der Waals surface area contributed by atoms with Gasteiger partial charge in [-0.15, -0.1) is 0 Å². The molecule has 10 nitrogen and oxygen atoms in total. The number of azide groups is 1. The minimum atomic E-state index is -1.00. The standard InChI is InChI=1S/C34H31I2N3O7/c35-26-9-14-30(38-39-37)25(19-26)21-45-28-12-7-23(8-13-28)32(16-17-33(41)42)46-34(43)18-15-31(40)22-5-10-27(11-6-22)44-20-24-3-1-2-4-29(24)36/h1-14,19,31-32,40H,15-18,20-21H2,(H,41,42). The summed E-state index contributed by atoms with van der Waals surface area (Å²) >= 11 is 4.43. The quantitative estimate of drug-likeness (QED) is 0.0376. The smallest absolute Gasteiger partial charge is 0.306 e. The molecule has 0 aliphatic heterocycles. The zero-order valence-corrected chi connectivity index (χ0v) is 28.9. The van der Waals surface area contributed by atoms with Crippen molar-refractivity contribution in [3.8, 4) is 11.5 Å². The van der Waals surface area contributed by atoms with Gasteiger partial charge in [-0.1, -0.05) is 53.6 Å². The molecule has 46 heavy (non-hydrogen) atoms. The topological polar surface area (TPSA) is 151 Å². The van der Waals surface area contributed by atoms with E-state index in [2.05, 4.69) is 55.2 Å². The molecule has 4 aromatic carbocycles. The van der Waals surface area contributed by atoms with Crippen molar-refractivity contribution < 1.29 is 34.0 Å². The highest BCUT2D eigenvalue weighted by molar-refractivity contribution is 14.1. The number of esters is 1. The number of aliphatic hydroxyl groups is 1. The third-order valence-corrected chi connectivity index (χ3v) is 8.70. The fraction of sp³-hybridized carbons (Fsp3) is 0.235. The van der Waals surface area contributed by atoms with Crippen molar-refractivity contribution in [3.05, 3.63) is 131 Å². The monoisotopic (exact) mass is 847 g/mol. The highest BCUT2D eigenvalue weighted by Crippen LogP contribution is 2.29. The first-order valence-corrected chi connectivity index (χ1v) is 16.5. The lowest BCUT2D eigenvalue weighted by Gasteiger charge is -2.19. The number of ether oxygens (including phenoxy) is 3. The van der Waals surface area contributed by atoms with Gasteiger partial charge in [0.05, 0.1) is 6.10 Å². The zero-order chi connectivity index (χ0) is 32.9. The number of carboxylic acids is 1. The Kier molecular flexibility index (Phi) is 13.5. The van der Waals surface area contributed by atoms with Crippen molar-refractivity contribution in [1.82, 2.24) is 0 Å². The summed E-state index contributed by atoms with van der Waals surface area (Å²) in [5, 5.41) is 23.6. The number of aliphatic hydroxyl groups excluding tert-OH is 1. The molecule has 12 heteroatoms. The van der Waals surface area contributed by atoms with Crippen LogP contribution in [0.5, 0.6) is 11.5 Å². The lowest BCUT2D eigenvalue weighted by Crippen LogP contribution is -2.14. The number of carbonyl (C=O) groups is 2. The average Bonchev–Trinajstić information content (AvgIpc) is 3.05. The third kappa shape index (κ3) is 10.9. The number of carbonyl (C=O) groups excluding carboxylic acids is 1. The van der Waals surface area contributed by atoms with Gasteiger partial charge in [0, 0.05) is 36.1 Å². The summed E-state index contributed by atoms with van der Waals surface area (Å²) in [5.74, 6) is -0.347. The minimum absolute atomic E-state index is 0.0555. The van der Waals surface area contributed by atoms with E-state index >= 15 is 0 Å². The molecule has 0 radical (unpaired) electrons. The molecule has 0 spiro atoms. The average molecular weight is 847 g/mol. The summed E-state index contributed by atoms with van der Waals surface area (Å²) in [6.45, 7) is 0.603. The molecule has 0 aromatic heterocycles. The molecule has 0 aliphatic rings. The number of hydrogen-bond donors (Lipinski definition) is 2. The Morgan fingerprint density at radius 3 is 2.07 bits per heavy atom. The van der Waals surface area contributed by atoms with E-state index in [1.54, 1.807) is 54.6 Å². The van der Waals surface area contributed by atoms with Crippen LogP contribution in [0, 0.1) is 7.14 Å². The summed E-state index contributed by atoms with van der Waals surface area (Å²) < 4.78 is 19.5. The van der Waals surface area contributed by atoms with Gasteiger partial charge in [-0.25, -0.2) is 0 Å². The van der Waals surface area contributed by atoms with Crippen LogP contribution in [0.4, 0.5) is 5.69 Å². The Morgan fingerprint density at radius 1 is 0.804 bits per heavy atom. The van der Waals surface area contributed by atoms with Gasteiger partial charge in [0.1, 0.15) is 30.8 Å². The molecule has 4 aromatic rings. The molecule has 0 amide bonds. The second-order valence-corrected chi connectivity index (χ2v) is 12.6. The van der Waals surface area contributed by atoms with E-state index in [1.165, 1.54) is 0 Å². The molecule has 238 valence electrons. The molecule has 0 heterocycles. The lowest BCUT2D eigenvalue weighted by atomic mass is 10.0. The highest BCUT2D eigenvalue weighted by atomic mass is 127. The summed E-state index contributed by atoms with van der Waals surface area (Å²) in [5.41, 5.74) is 12.4. The van der Waals surface area contributed by atoms with E-state index in [-0.39, 0.29) is 32.3 Å². The number of rotatable bonds is 16. The van der Waals surface area contributed by atoms with E-state index in [1.807, 2.05) is 36.4 Å². The molecule has 0 fully saturated rings. The molecule has 2 N–H and O–H groups in total. The Morgan fingerprint density at radius 2 is 1.43 bits per heavy atom. The van der Waals surface area contributed by atoms with Gasteiger partial charge in [0.2, 0.25) is 0 Å². The SMILES string of the molecule is [N-]=[N+]=Nc1ccc(I)cc1COc1ccc(C(CCC(=O)O)OC(=O)CCC(O)c2ccc(OCc3ccccc3I)cc2)cc1. The van der Waals surface area contributed by atoms with Gasteiger partial charge in [0.15, 0.2) is 0 Å². The summed E-state index contributed by atoms with van der Waals surface area (Å²) in [6, 6.07) is 27.3. The van der Waals surface area contributed by atoms with Crippen molar-refractivity contribution in [2.45, 2.75) is 51.1 Å². The van der Waals surface area contributed by atoms with Crippen LogP contribution >= 0.6 is 45.2 Å². The molecule has 4 rings (SSSR count). The Bertz CT molecular complexity index is 1680. The van der Waals surface area contributed by atoms with Crippen molar-refractivity contribution in [1.29, 1.82) is 0 Å². The largest absolute Gasteiger partial charge is 0.489 e. The predicted octanol–water partition coefficient (Wildman–Crippen LogP) is 8.96. The number of hydrogen-bond acceptors (Lipinski definition) is 7. The van der Waals surface area contributed by atoms with Crippen LogP contribution < -0.4 is 9.47 Å². The normalized spacial score (nSPS) is 12.0. The van der Waals surface area contributed by atoms with Crippen LogP contribution in [0.25, 0.3) is 10.4 Å². The van der Waals surface area contributed by atoms with Gasteiger partial charge in [0.25, 0.3) is 0 Å². The third-order valence-electron chi connectivity index (χ3n) is 6.97. The predicted molar refractivity (Wildman–Crippen MR) is 189 cm³/mol. The van der Waals surface area contributed by atoms with E-state index in [9.17, 15) is 19.8 Å². The fourth-order valence-electron chi connectivity index (χ4n) is 4.50. The van der Waals surface area contributed by atoms with E-state index in [0.29, 0.717) is 34.9 Å². The summed E-state index contributed by atoms with van der Waals surface area (Å²) in [6.07, 6.45) is -1.70. The van der Waals surface area contributed by atoms with Crippen molar-refractivity contribution in [2.24, 2.45) is 5.11 Å².